The third-order valence-corrected chi connectivity index (χ3v) is 5.04. The number of piperidine rings is 1. The summed E-state index contributed by atoms with van der Waals surface area (Å²) in [6.45, 7) is 5.93. The Morgan fingerprint density at radius 1 is 1.32 bits per heavy atom. The molecule has 0 saturated carbocycles. The molecule has 1 aliphatic heterocycles. The monoisotopic (exact) mass is 382 g/mol. The molecule has 22 heavy (non-hydrogen) atoms. The number of nitrogens with zero attached hydrogens (tertiary/aromatic N) is 4. The molecule has 2 aromatic rings. The summed E-state index contributed by atoms with van der Waals surface area (Å²) in [5.41, 5.74) is 1.19. The van der Waals surface area contributed by atoms with Crippen LogP contribution >= 0.6 is 27.3 Å². The molecule has 7 heteroatoms. The van der Waals surface area contributed by atoms with E-state index >= 15 is 0 Å². The van der Waals surface area contributed by atoms with Crippen molar-refractivity contribution in [3.63, 3.8) is 0 Å². The van der Waals surface area contributed by atoms with Gasteiger partial charge in [0.1, 0.15) is 0 Å². The van der Waals surface area contributed by atoms with Crippen LogP contribution < -0.4 is 4.74 Å². The number of thiazole rings is 1. The highest BCUT2D eigenvalue weighted by molar-refractivity contribution is 9.10. The Labute approximate surface area is 142 Å². The SMILES string of the molecule is Cc1nc(CN2CCC(COc3ncc(Br)cn3)CC2)cs1. The maximum atomic E-state index is 5.69. The number of halogens is 1. The summed E-state index contributed by atoms with van der Waals surface area (Å²) < 4.78 is 6.55. The van der Waals surface area contributed by atoms with Crippen LogP contribution in [-0.4, -0.2) is 39.5 Å². The standard InChI is InChI=1S/C15H19BrN4OS/c1-11-19-14(10-22-11)8-20-4-2-12(3-5-20)9-21-15-17-6-13(16)7-18-15/h6-7,10,12H,2-5,8-9H2,1H3. The summed E-state index contributed by atoms with van der Waals surface area (Å²) in [5, 5.41) is 3.31. The van der Waals surface area contributed by atoms with Crippen molar-refractivity contribution in [3.8, 4) is 6.01 Å². The van der Waals surface area contributed by atoms with Crippen molar-refractivity contribution in [1.29, 1.82) is 0 Å². The second-order valence-electron chi connectivity index (χ2n) is 5.57. The van der Waals surface area contributed by atoms with Crippen LogP contribution in [0.15, 0.2) is 22.2 Å². The van der Waals surface area contributed by atoms with E-state index in [2.05, 4.69) is 48.1 Å². The summed E-state index contributed by atoms with van der Waals surface area (Å²) in [4.78, 5) is 15.3. The molecule has 5 nitrogen and oxygen atoms in total. The Morgan fingerprint density at radius 2 is 2.05 bits per heavy atom. The summed E-state index contributed by atoms with van der Waals surface area (Å²) in [6.07, 6.45) is 5.72. The second kappa shape index (κ2) is 7.48. The fourth-order valence-electron chi connectivity index (χ4n) is 2.59. The van der Waals surface area contributed by atoms with Gasteiger partial charge in [-0.15, -0.1) is 11.3 Å². The van der Waals surface area contributed by atoms with Crippen molar-refractivity contribution in [3.05, 3.63) is 32.9 Å². The highest BCUT2D eigenvalue weighted by Gasteiger charge is 2.20. The van der Waals surface area contributed by atoms with Crippen molar-refractivity contribution in [2.24, 2.45) is 5.92 Å². The zero-order valence-electron chi connectivity index (χ0n) is 12.5. The van der Waals surface area contributed by atoms with E-state index in [1.54, 1.807) is 23.7 Å². The van der Waals surface area contributed by atoms with Gasteiger partial charge in [0, 0.05) is 24.3 Å². The van der Waals surface area contributed by atoms with Gasteiger partial charge in [-0.3, -0.25) is 4.90 Å². The summed E-state index contributed by atoms with van der Waals surface area (Å²) in [5.74, 6) is 0.584. The quantitative estimate of drug-likeness (QED) is 0.793. The Morgan fingerprint density at radius 3 is 2.68 bits per heavy atom. The van der Waals surface area contributed by atoms with Gasteiger partial charge < -0.3 is 4.74 Å². The highest BCUT2D eigenvalue weighted by atomic mass is 79.9. The number of hydrogen-bond acceptors (Lipinski definition) is 6. The number of aromatic nitrogens is 3. The summed E-state index contributed by atoms with van der Waals surface area (Å²) in [7, 11) is 0. The Bertz CT molecular complexity index is 596. The van der Waals surface area contributed by atoms with Gasteiger partial charge in [0.15, 0.2) is 0 Å². The number of likely N-dealkylation sites (tertiary alicyclic amines) is 1. The predicted molar refractivity (Wildman–Crippen MR) is 90.1 cm³/mol. The molecular weight excluding hydrogens is 364 g/mol. The molecule has 0 radical (unpaired) electrons. The fraction of sp³-hybridized carbons (Fsp3) is 0.533. The first-order chi connectivity index (χ1) is 10.7. The van der Waals surface area contributed by atoms with E-state index in [1.165, 1.54) is 5.69 Å². The van der Waals surface area contributed by atoms with Gasteiger partial charge in [-0.2, -0.15) is 0 Å². The Kier molecular flexibility index (Phi) is 5.38. The minimum atomic E-state index is 0.462. The van der Waals surface area contributed by atoms with Gasteiger partial charge in [-0.05, 0) is 54.7 Å². The molecule has 0 aromatic carbocycles. The first-order valence-corrected chi connectivity index (χ1v) is 9.10. The topological polar surface area (TPSA) is 51.1 Å². The molecule has 2 aromatic heterocycles. The van der Waals surface area contributed by atoms with Gasteiger partial charge in [0.25, 0.3) is 0 Å². The largest absolute Gasteiger partial charge is 0.463 e. The van der Waals surface area contributed by atoms with Crippen molar-refractivity contribution in [1.82, 2.24) is 19.9 Å². The van der Waals surface area contributed by atoms with Gasteiger partial charge >= 0.3 is 6.01 Å². The van der Waals surface area contributed by atoms with Crippen LogP contribution in [0.25, 0.3) is 0 Å². The lowest BCUT2D eigenvalue weighted by Gasteiger charge is -2.31. The molecule has 3 heterocycles. The molecule has 1 aliphatic rings. The van der Waals surface area contributed by atoms with Gasteiger partial charge in [-0.1, -0.05) is 0 Å². The van der Waals surface area contributed by atoms with Crippen molar-refractivity contribution in [2.45, 2.75) is 26.3 Å². The van der Waals surface area contributed by atoms with Crippen LogP contribution in [0.1, 0.15) is 23.5 Å². The molecule has 0 aliphatic carbocycles. The predicted octanol–water partition coefficient (Wildman–Crippen LogP) is 3.30. The van der Waals surface area contributed by atoms with Gasteiger partial charge in [0.2, 0.25) is 0 Å². The van der Waals surface area contributed by atoms with E-state index in [0.717, 1.165) is 42.0 Å². The molecule has 0 amide bonds. The van der Waals surface area contributed by atoms with Gasteiger partial charge in [-0.25, -0.2) is 15.0 Å². The van der Waals surface area contributed by atoms with Crippen molar-refractivity contribution < 1.29 is 4.74 Å². The van der Waals surface area contributed by atoms with Crippen LogP contribution in [0.4, 0.5) is 0 Å². The zero-order chi connectivity index (χ0) is 15.4. The van der Waals surface area contributed by atoms with Crippen LogP contribution in [0.2, 0.25) is 0 Å². The number of hydrogen-bond donors (Lipinski definition) is 0. The van der Waals surface area contributed by atoms with Crippen LogP contribution in [0, 0.1) is 12.8 Å². The average Bonchev–Trinajstić information content (AvgIpc) is 2.93. The first kappa shape index (κ1) is 15.8. The molecule has 3 rings (SSSR count). The van der Waals surface area contributed by atoms with E-state index < -0.39 is 0 Å². The third kappa shape index (κ3) is 4.47. The van der Waals surface area contributed by atoms with Crippen LogP contribution in [-0.2, 0) is 6.54 Å². The average molecular weight is 383 g/mol. The van der Waals surface area contributed by atoms with E-state index in [0.29, 0.717) is 18.5 Å². The van der Waals surface area contributed by atoms with Crippen molar-refractivity contribution >= 4 is 27.3 Å². The summed E-state index contributed by atoms with van der Waals surface area (Å²) >= 11 is 5.04. The molecule has 0 N–H and O–H groups in total. The molecule has 0 atom stereocenters. The molecular formula is C15H19BrN4OS. The first-order valence-electron chi connectivity index (χ1n) is 7.43. The number of ether oxygens (including phenoxy) is 1. The maximum absolute atomic E-state index is 5.69. The van der Waals surface area contributed by atoms with Crippen LogP contribution in [0.3, 0.4) is 0 Å². The van der Waals surface area contributed by atoms with Gasteiger partial charge in [0.05, 0.1) is 21.8 Å². The lowest BCUT2D eigenvalue weighted by molar-refractivity contribution is 0.131. The normalized spacial score (nSPS) is 16.8. The van der Waals surface area contributed by atoms with E-state index in [1.807, 2.05) is 0 Å². The van der Waals surface area contributed by atoms with E-state index in [4.69, 9.17) is 4.74 Å². The molecule has 0 bridgehead atoms. The zero-order valence-corrected chi connectivity index (χ0v) is 14.9. The minimum absolute atomic E-state index is 0.462. The Balaban J connectivity index is 1.41. The molecule has 118 valence electrons. The number of rotatable bonds is 5. The number of aryl methyl sites for hydroxylation is 1. The minimum Gasteiger partial charge on any atom is -0.463 e. The third-order valence-electron chi connectivity index (χ3n) is 3.80. The molecule has 1 fully saturated rings. The molecule has 1 saturated heterocycles. The summed E-state index contributed by atoms with van der Waals surface area (Å²) in [6, 6.07) is 0.462. The van der Waals surface area contributed by atoms with E-state index in [9.17, 15) is 0 Å². The second-order valence-corrected chi connectivity index (χ2v) is 7.55. The maximum Gasteiger partial charge on any atom is 0.316 e. The molecule has 0 spiro atoms. The smallest absolute Gasteiger partial charge is 0.316 e. The Hall–Kier alpha value is -1.05. The lowest BCUT2D eigenvalue weighted by Crippen LogP contribution is -2.35. The highest BCUT2D eigenvalue weighted by Crippen LogP contribution is 2.20. The lowest BCUT2D eigenvalue weighted by atomic mass is 9.98. The molecule has 0 unspecified atom stereocenters. The fourth-order valence-corrected chi connectivity index (χ4v) is 3.40. The van der Waals surface area contributed by atoms with E-state index in [-0.39, 0.29) is 0 Å². The van der Waals surface area contributed by atoms with Crippen molar-refractivity contribution in [2.75, 3.05) is 19.7 Å². The van der Waals surface area contributed by atoms with Crippen LogP contribution in [0.5, 0.6) is 6.01 Å².